The molecule has 1 aliphatic carbocycles. The number of aromatic nitrogens is 2. The van der Waals surface area contributed by atoms with Gasteiger partial charge in [0, 0.05) is 34.9 Å². The van der Waals surface area contributed by atoms with E-state index in [0.29, 0.717) is 23.2 Å². The Morgan fingerprint density at radius 2 is 1.72 bits per heavy atom. The second kappa shape index (κ2) is 8.10. The van der Waals surface area contributed by atoms with E-state index in [0.717, 1.165) is 34.6 Å². The maximum atomic E-state index is 13.3. The SMILES string of the molecule is CC1(C)CC(=O)C2=C(C1)Nc1nc(SCc3ccccc3)nc(N)c1[C@@H]2c1ccccc1. The van der Waals surface area contributed by atoms with Crippen molar-refractivity contribution in [3.8, 4) is 0 Å². The standard InChI is InChI=1S/C26H26N4OS/c1-26(2)13-18-21(19(31)14-26)20(17-11-7-4-8-12-17)22-23(27)29-25(30-24(22)28-18)32-15-16-9-5-3-6-10-16/h3-12,20H,13-15H2,1-2H3,(H3,27,28,29,30)/t20-/m1/s1. The van der Waals surface area contributed by atoms with Crippen molar-refractivity contribution in [2.24, 2.45) is 5.41 Å². The minimum atomic E-state index is -0.251. The van der Waals surface area contributed by atoms with E-state index in [1.807, 2.05) is 36.4 Å². The lowest BCUT2D eigenvalue weighted by Gasteiger charge is -2.39. The number of nitrogens with two attached hydrogens (primary N) is 1. The highest BCUT2D eigenvalue weighted by molar-refractivity contribution is 7.98. The quantitative estimate of drug-likeness (QED) is 0.407. The summed E-state index contributed by atoms with van der Waals surface area (Å²) in [5.74, 6) is 1.83. The third-order valence-electron chi connectivity index (χ3n) is 6.06. The molecular weight excluding hydrogens is 416 g/mol. The first kappa shape index (κ1) is 20.8. The highest BCUT2D eigenvalue weighted by atomic mass is 32.2. The van der Waals surface area contributed by atoms with E-state index in [1.54, 1.807) is 11.8 Å². The van der Waals surface area contributed by atoms with Gasteiger partial charge in [0.05, 0.1) is 0 Å². The van der Waals surface area contributed by atoms with Gasteiger partial charge in [-0.1, -0.05) is 86.3 Å². The molecule has 1 atom stereocenters. The van der Waals surface area contributed by atoms with Crippen LogP contribution in [0.5, 0.6) is 0 Å². The van der Waals surface area contributed by atoms with E-state index in [2.05, 4.69) is 48.4 Å². The third kappa shape index (κ3) is 3.91. The number of ketones is 1. The number of benzene rings is 2. The molecule has 0 saturated carbocycles. The van der Waals surface area contributed by atoms with Gasteiger partial charge in [-0.3, -0.25) is 4.79 Å². The molecular formula is C26H26N4OS. The first-order chi connectivity index (χ1) is 15.4. The molecule has 0 amide bonds. The molecule has 0 saturated heterocycles. The number of allylic oxidation sites excluding steroid dienone is 2. The van der Waals surface area contributed by atoms with Crippen LogP contribution in [0.15, 0.2) is 77.1 Å². The topological polar surface area (TPSA) is 80.9 Å². The Labute approximate surface area is 192 Å². The molecule has 1 aliphatic heterocycles. The molecule has 0 radical (unpaired) electrons. The minimum absolute atomic E-state index is 0.0921. The molecule has 5 rings (SSSR count). The smallest absolute Gasteiger partial charge is 0.191 e. The van der Waals surface area contributed by atoms with Crippen molar-refractivity contribution in [3.05, 3.63) is 88.6 Å². The first-order valence-electron chi connectivity index (χ1n) is 10.8. The molecule has 3 N–H and O–H groups in total. The van der Waals surface area contributed by atoms with Gasteiger partial charge in [0.2, 0.25) is 0 Å². The monoisotopic (exact) mass is 442 g/mol. The second-order valence-corrected chi connectivity index (χ2v) is 10.2. The number of anilines is 2. The van der Waals surface area contributed by atoms with Gasteiger partial charge >= 0.3 is 0 Å². The van der Waals surface area contributed by atoms with Crippen molar-refractivity contribution >= 4 is 29.2 Å². The highest BCUT2D eigenvalue weighted by Gasteiger charge is 2.42. The Morgan fingerprint density at radius 3 is 2.44 bits per heavy atom. The molecule has 6 heteroatoms. The van der Waals surface area contributed by atoms with Gasteiger partial charge in [0.25, 0.3) is 0 Å². The van der Waals surface area contributed by atoms with Crippen LogP contribution in [-0.2, 0) is 10.5 Å². The maximum Gasteiger partial charge on any atom is 0.191 e. The number of carbonyl (C=O) groups is 1. The largest absolute Gasteiger partial charge is 0.383 e. The highest BCUT2D eigenvalue weighted by Crippen LogP contribution is 2.50. The summed E-state index contributed by atoms with van der Waals surface area (Å²) in [6.07, 6.45) is 1.32. The minimum Gasteiger partial charge on any atom is -0.383 e. The van der Waals surface area contributed by atoms with Crippen LogP contribution < -0.4 is 11.1 Å². The molecule has 1 aromatic heterocycles. The molecule has 0 bridgehead atoms. The van der Waals surface area contributed by atoms with Crippen molar-refractivity contribution in [1.29, 1.82) is 0 Å². The Bertz CT molecular complexity index is 1210. The third-order valence-corrected chi connectivity index (χ3v) is 6.98. The van der Waals surface area contributed by atoms with Crippen molar-refractivity contribution in [2.45, 2.75) is 43.5 Å². The number of nitrogens with zero attached hydrogens (tertiary/aromatic N) is 2. The van der Waals surface area contributed by atoms with Gasteiger partial charge in [-0.05, 0) is 23.0 Å². The second-order valence-electron chi connectivity index (χ2n) is 9.23. The summed E-state index contributed by atoms with van der Waals surface area (Å²) in [5, 5.41) is 4.11. The number of thioether (sulfide) groups is 1. The number of carbonyl (C=O) groups excluding carboxylic acids is 1. The van der Waals surface area contributed by atoms with E-state index in [4.69, 9.17) is 10.7 Å². The molecule has 3 aromatic rings. The predicted molar refractivity (Wildman–Crippen MR) is 129 cm³/mol. The van der Waals surface area contributed by atoms with Crippen LogP contribution in [0.1, 0.15) is 49.3 Å². The fourth-order valence-electron chi connectivity index (χ4n) is 4.68. The summed E-state index contributed by atoms with van der Waals surface area (Å²) in [7, 11) is 0. The zero-order valence-electron chi connectivity index (χ0n) is 18.3. The molecule has 0 fully saturated rings. The Kier molecular flexibility index (Phi) is 5.25. The zero-order chi connectivity index (χ0) is 22.3. The average Bonchev–Trinajstić information content (AvgIpc) is 2.77. The molecule has 0 unspecified atom stereocenters. The van der Waals surface area contributed by atoms with E-state index in [-0.39, 0.29) is 17.1 Å². The fraction of sp³-hybridized carbons (Fsp3) is 0.269. The summed E-state index contributed by atoms with van der Waals surface area (Å²) in [6, 6.07) is 20.3. The van der Waals surface area contributed by atoms with Crippen molar-refractivity contribution in [1.82, 2.24) is 9.97 Å². The summed E-state index contributed by atoms with van der Waals surface area (Å²) in [5.41, 5.74) is 11.2. The molecule has 2 aromatic carbocycles. The van der Waals surface area contributed by atoms with E-state index >= 15 is 0 Å². The van der Waals surface area contributed by atoms with Crippen molar-refractivity contribution < 1.29 is 4.79 Å². The van der Waals surface area contributed by atoms with Gasteiger partial charge in [-0.2, -0.15) is 0 Å². The van der Waals surface area contributed by atoms with Crippen molar-refractivity contribution in [2.75, 3.05) is 11.1 Å². The molecule has 0 spiro atoms. The first-order valence-corrected chi connectivity index (χ1v) is 11.8. The van der Waals surface area contributed by atoms with Crippen LogP contribution in [0.3, 0.4) is 0 Å². The van der Waals surface area contributed by atoms with Gasteiger partial charge < -0.3 is 11.1 Å². The normalized spacial score (nSPS) is 19.2. The van der Waals surface area contributed by atoms with E-state index in [9.17, 15) is 4.79 Å². The van der Waals surface area contributed by atoms with Crippen LogP contribution in [-0.4, -0.2) is 15.8 Å². The molecule has 2 heterocycles. The lowest BCUT2D eigenvalue weighted by Crippen LogP contribution is -2.34. The molecule has 2 aliphatic rings. The lowest BCUT2D eigenvalue weighted by molar-refractivity contribution is -0.118. The zero-order valence-corrected chi connectivity index (χ0v) is 19.1. The summed E-state index contributed by atoms with van der Waals surface area (Å²) in [6.45, 7) is 4.28. The number of nitrogens with one attached hydrogen (secondary N) is 1. The van der Waals surface area contributed by atoms with Gasteiger partial charge in [-0.15, -0.1) is 0 Å². The Hall–Kier alpha value is -3.12. The molecule has 32 heavy (non-hydrogen) atoms. The number of Topliss-reactive ketones (excluding diaryl/α,β-unsaturated/α-hetero) is 1. The maximum absolute atomic E-state index is 13.3. The summed E-state index contributed by atoms with van der Waals surface area (Å²) in [4.78, 5) is 22.8. The van der Waals surface area contributed by atoms with E-state index in [1.165, 1.54) is 5.56 Å². The number of hydrogen-bond donors (Lipinski definition) is 2. The number of rotatable bonds is 4. The molecule has 5 nitrogen and oxygen atoms in total. The number of hydrogen-bond acceptors (Lipinski definition) is 6. The number of nitrogen functional groups attached to an aromatic ring is 1. The Morgan fingerprint density at radius 1 is 1.03 bits per heavy atom. The van der Waals surface area contributed by atoms with Crippen molar-refractivity contribution in [3.63, 3.8) is 0 Å². The summed E-state index contributed by atoms with van der Waals surface area (Å²) >= 11 is 1.56. The predicted octanol–water partition coefficient (Wildman–Crippen LogP) is 5.55. The van der Waals surface area contributed by atoms with Gasteiger partial charge in [-0.25, -0.2) is 9.97 Å². The fourth-order valence-corrected chi connectivity index (χ4v) is 5.49. The van der Waals surface area contributed by atoms with Crippen LogP contribution in [0.2, 0.25) is 0 Å². The Balaban J connectivity index is 1.58. The van der Waals surface area contributed by atoms with Crippen LogP contribution >= 0.6 is 11.8 Å². The van der Waals surface area contributed by atoms with E-state index < -0.39 is 0 Å². The van der Waals surface area contributed by atoms with Crippen LogP contribution in [0, 0.1) is 5.41 Å². The van der Waals surface area contributed by atoms with Crippen LogP contribution in [0.4, 0.5) is 11.6 Å². The average molecular weight is 443 g/mol. The van der Waals surface area contributed by atoms with Gasteiger partial charge in [0.15, 0.2) is 10.9 Å². The summed E-state index contributed by atoms with van der Waals surface area (Å²) < 4.78 is 0. The molecule has 162 valence electrons. The van der Waals surface area contributed by atoms with Gasteiger partial charge in [0.1, 0.15) is 11.6 Å². The van der Waals surface area contributed by atoms with Crippen LogP contribution in [0.25, 0.3) is 0 Å². The number of fused-ring (bicyclic) bond motifs is 1. The lowest BCUT2D eigenvalue weighted by atomic mass is 9.69.